The number of anilines is 1. The number of halogens is 1. The number of hydrogen-bond acceptors (Lipinski definition) is 3. The van der Waals surface area contributed by atoms with Crippen LogP contribution in [0.3, 0.4) is 0 Å². The van der Waals surface area contributed by atoms with Crippen LogP contribution < -0.4 is 10.6 Å². The van der Waals surface area contributed by atoms with Gasteiger partial charge in [0, 0.05) is 24.5 Å². The normalized spacial score (nSPS) is 11.9. The molecule has 0 radical (unpaired) electrons. The lowest BCUT2D eigenvalue weighted by atomic mass is 10.2. The number of nitrogens with one attached hydrogen (secondary N) is 2. The maximum absolute atomic E-state index is 11.4. The van der Waals surface area contributed by atoms with E-state index in [9.17, 15) is 4.79 Å². The zero-order valence-electron chi connectivity index (χ0n) is 8.90. The van der Waals surface area contributed by atoms with Crippen LogP contribution in [0, 0.1) is 0 Å². The third-order valence-electron chi connectivity index (χ3n) is 1.92. The van der Waals surface area contributed by atoms with Gasteiger partial charge in [-0.2, -0.15) is 0 Å². The molecule has 0 aromatic carbocycles. The lowest BCUT2D eigenvalue weighted by molar-refractivity contribution is 0.241. The second-order valence-corrected chi connectivity index (χ2v) is 3.77. The van der Waals surface area contributed by atoms with Crippen LogP contribution in [0.5, 0.6) is 0 Å². The molecule has 0 aliphatic rings. The van der Waals surface area contributed by atoms with Crippen molar-refractivity contribution in [1.82, 2.24) is 10.3 Å². The van der Waals surface area contributed by atoms with Crippen molar-refractivity contribution in [1.29, 1.82) is 0 Å². The van der Waals surface area contributed by atoms with Gasteiger partial charge in [-0.25, -0.2) is 9.78 Å². The Labute approximate surface area is 98.8 Å². The quantitative estimate of drug-likeness (QED) is 0.704. The second kappa shape index (κ2) is 6.30. The highest BCUT2D eigenvalue weighted by atomic mass is 35.5. The van der Waals surface area contributed by atoms with E-state index in [-0.39, 0.29) is 18.7 Å². The van der Waals surface area contributed by atoms with Gasteiger partial charge in [0.15, 0.2) is 0 Å². The van der Waals surface area contributed by atoms with Crippen LogP contribution in [0.1, 0.15) is 13.3 Å². The van der Waals surface area contributed by atoms with E-state index in [1.807, 2.05) is 6.92 Å². The number of urea groups is 1. The molecule has 0 fully saturated rings. The van der Waals surface area contributed by atoms with Crippen LogP contribution in [-0.2, 0) is 0 Å². The number of nitrogens with zero attached hydrogens (tertiary/aromatic N) is 1. The molecule has 1 aromatic heterocycles. The molecule has 3 N–H and O–H groups in total. The van der Waals surface area contributed by atoms with Crippen molar-refractivity contribution in [2.24, 2.45) is 0 Å². The fourth-order valence-corrected chi connectivity index (χ4v) is 1.31. The Kier molecular flexibility index (Phi) is 5.01. The Bertz CT molecular complexity index is 360. The summed E-state index contributed by atoms with van der Waals surface area (Å²) in [5, 5.41) is 14.3. The molecule has 6 heteroatoms. The van der Waals surface area contributed by atoms with Crippen molar-refractivity contribution in [3.05, 3.63) is 23.5 Å². The van der Waals surface area contributed by atoms with Crippen LogP contribution in [0.2, 0.25) is 5.15 Å². The topological polar surface area (TPSA) is 74.2 Å². The molecule has 1 atom stereocenters. The smallest absolute Gasteiger partial charge is 0.319 e. The van der Waals surface area contributed by atoms with E-state index in [1.54, 1.807) is 12.1 Å². The van der Waals surface area contributed by atoms with E-state index in [0.29, 0.717) is 17.3 Å². The van der Waals surface area contributed by atoms with Crippen LogP contribution in [0.25, 0.3) is 0 Å². The van der Waals surface area contributed by atoms with Crippen LogP contribution in [-0.4, -0.2) is 28.8 Å². The van der Waals surface area contributed by atoms with E-state index in [2.05, 4.69) is 15.6 Å². The highest BCUT2D eigenvalue weighted by Crippen LogP contribution is 2.11. The summed E-state index contributed by atoms with van der Waals surface area (Å²) in [6.45, 7) is 1.86. The summed E-state index contributed by atoms with van der Waals surface area (Å²) in [5.41, 5.74) is 0.577. The summed E-state index contributed by atoms with van der Waals surface area (Å²) in [4.78, 5) is 15.2. The summed E-state index contributed by atoms with van der Waals surface area (Å²) in [6.07, 6.45) is 2.03. The van der Waals surface area contributed by atoms with E-state index >= 15 is 0 Å². The minimum atomic E-state index is -0.330. The highest BCUT2D eigenvalue weighted by Gasteiger charge is 2.06. The number of aliphatic hydroxyl groups is 1. The number of hydrogen-bond donors (Lipinski definition) is 3. The Morgan fingerprint density at radius 3 is 3.06 bits per heavy atom. The van der Waals surface area contributed by atoms with Gasteiger partial charge in [-0.1, -0.05) is 11.6 Å². The monoisotopic (exact) mass is 243 g/mol. The van der Waals surface area contributed by atoms with Crippen LogP contribution in [0.15, 0.2) is 18.3 Å². The predicted molar refractivity (Wildman–Crippen MR) is 62.6 cm³/mol. The fourth-order valence-electron chi connectivity index (χ4n) is 1.14. The van der Waals surface area contributed by atoms with Gasteiger partial charge in [-0.15, -0.1) is 0 Å². The maximum Gasteiger partial charge on any atom is 0.319 e. The van der Waals surface area contributed by atoms with Gasteiger partial charge in [-0.05, 0) is 25.5 Å². The van der Waals surface area contributed by atoms with Crippen molar-refractivity contribution in [2.45, 2.75) is 19.4 Å². The predicted octanol–water partition coefficient (Wildman–Crippen LogP) is 1.63. The van der Waals surface area contributed by atoms with E-state index in [4.69, 9.17) is 16.7 Å². The van der Waals surface area contributed by atoms with Gasteiger partial charge in [-0.3, -0.25) is 0 Å². The largest absolute Gasteiger partial charge is 0.396 e. The van der Waals surface area contributed by atoms with Gasteiger partial charge in [0.1, 0.15) is 5.15 Å². The molecule has 0 saturated carbocycles. The summed E-state index contributed by atoms with van der Waals surface area (Å²) in [5.74, 6) is 0. The van der Waals surface area contributed by atoms with Gasteiger partial charge in [0.05, 0.1) is 0 Å². The van der Waals surface area contributed by atoms with Gasteiger partial charge < -0.3 is 15.7 Å². The van der Waals surface area contributed by atoms with Crippen LogP contribution in [0.4, 0.5) is 10.5 Å². The Morgan fingerprint density at radius 1 is 1.69 bits per heavy atom. The first-order valence-electron chi connectivity index (χ1n) is 4.91. The number of carbonyl (C=O) groups excluding carboxylic acids is 1. The fraction of sp³-hybridized carbons (Fsp3) is 0.400. The minimum absolute atomic E-state index is 0.0442. The lowest BCUT2D eigenvalue weighted by Crippen LogP contribution is -2.36. The molecule has 1 rings (SSSR count). The zero-order valence-corrected chi connectivity index (χ0v) is 9.66. The molecular weight excluding hydrogens is 230 g/mol. The Balaban J connectivity index is 2.45. The van der Waals surface area contributed by atoms with E-state index in [0.717, 1.165) is 0 Å². The number of aliphatic hydroxyl groups excluding tert-OH is 1. The molecule has 1 heterocycles. The summed E-state index contributed by atoms with van der Waals surface area (Å²) < 4.78 is 0. The molecule has 16 heavy (non-hydrogen) atoms. The number of carbonyl (C=O) groups is 1. The number of aromatic nitrogens is 1. The zero-order chi connectivity index (χ0) is 12.0. The SMILES string of the molecule is C[C@H](CCO)NC(=O)Nc1ccnc(Cl)c1. The van der Waals surface area contributed by atoms with Crippen molar-refractivity contribution in [2.75, 3.05) is 11.9 Å². The van der Waals surface area contributed by atoms with E-state index < -0.39 is 0 Å². The van der Waals surface area contributed by atoms with Crippen molar-refractivity contribution in [3.8, 4) is 0 Å². The van der Waals surface area contributed by atoms with Gasteiger partial charge in [0.25, 0.3) is 0 Å². The maximum atomic E-state index is 11.4. The molecule has 1 aromatic rings. The van der Waals surface area contributed by atoms with Crippen molar-refractivity contribution in [3.63, 3.8) is 0 Å². The van der Waals surface area contributed by atoms with E-state index in [1.165, 1.54) is 6.20 Å². The lowest BCUT2D eigenvalue weighted by Gasteiger charge is -2.13. The highest BCUT2D eigenvalue weighted by molar-refractivity contribution is 6.29. The molecular formula is C10H14ClN3O2. The summed E-state index contributed by atoms with van der Waals surface area (Å²) in [6, 6.07) is 2.78. The molecule has 0 saturated heterocycles. The standard InChI is InChI=1S/C10H14ClN3O2/c1-7(3-5-15)13-10(16)14-8-2-4-12-9(11)6-8/h2,4,6-7,15H,3,5H2,1H3,(H2,12,13,14,16)/t7-/m1/s1. The number of rotatable bonds is 4. The van der Waals surface area contributed by atoms with Crippen LogP contribution >= 0.6 is 11.6 Å². The molecule has 0 spiro atoms. The molecule has 0 unspecified atom stereocenters. The average molecular weight is 244 g/mol. The minimum Gasteiger partial charge on any atom is -0.396 e. The Morgan fingerprint density at radius 2 is 2.44 bits per heavy atom. The first-order valence-corrected chi connectivity index (χ1v) is 5.29. The molecule has 0 aliphatic heterocycles. The van der Waals surface area contributed by atoms with Crippen molar-refractivity contribution >= 4 is 23.3 Å². The summed E-state index contributed by atoms with van der Waals surface area (Å²) >= 11 is 5.67. The third-order valence-corrected chi connectivity index (χ3v) is 2.13. The molecule has 88 valence electrons. The first kappa shape index (κ1) is 12.7. The van der Waals surface area contributed by atoms with Gasteiger partial charge in [0.2, 0.25) is 0 Å². The average Bonchev–Trinajstić information content (AvgIpc) is 2.17. The summed E-state index contributed by atoms with van der Waals surface area (Å²) in [7, 11) is 0. The molecule has 0 aliphatic carbocycles. The number of amides is 2. The number of pyridine rings is 1. The second-order valence-electron chi connectivity index (χ2n) is 3.38. The first-order chi connectivity index (χ1) is 7.61. The van der Waals surface area contributed by atoms with Crippen molar-refractivity contribution < 1.29 is 9.90 Å². The molecule has 0 bridgehead atoms. The molecule has 5 nitrogen and oxygen atoms in total. The van der Waals surface area contributed by atoms with Gasteiger partial charge >= 0.3 is 6.03 Å². The molecule has 2 amide bonds. The Hall–Kier alpha value is -1.33. The third kappa shape index (κ3) is 4.46.